The Morgan fingerprint density at radius 2 is 1.89 bits per heavy atom. The monoisotopic (exact) mass is 386 g/mol. The SMILES string of the molecule is CC(=O)OCC(=O)C1(O)CCC2C3CCC4=CC(=O)C=CC4(C)C3CCC21C. The summed E-state index contributed by atoms with van der Waals surface area (Å²) in [4.78, 5) is 35.8. The van der Waals surface area contributed by atoms with Gasteiger partial charge in [0.15, 0.2) is 12.4 Å². The van der Waals surface area contributed by atoms with Crippen molar-refractivity contribution < 1.29 is 24.2 Å². The predicted molar refractivity (Wildman–Crippen MR) is 103 cm³/mol. The maximum atomic E-state index is 12.8. The van der Waals surface area contributed by atoms with E-state index in [-0.39, 0.29) is 29.5 Å². The van der Waals surface area contributed by atoms with E-state index in [0.717, 1.165) is 32.1 Å². The lowest BCUT2D eigenvalue weighted by atomic mass is 9.47. The Labute approximate surface area is 166 Å². The van der Waals surface area contributed by atoms with E-state index in [1.807, 2.05) is 6.08 Å². The summed E-state index contributed by atoms with van der Waals surface area (Å²) in [5.74, 6) is 0.338. The average Bonchev–Trinajstić information content (AvgIpc) is 2.92. The van der Waals surface area contributed by atoms with Gasteiger partial charge in [-0.1, -0.05) is 25.5 Å². The maximum absolute atomic E-state index is 12.8. The van der Waals surface area contributed by atoms with Crippen LogP contribution in [0, 0.1) is 28.6 Å². The lowest BCUT2D eigenvalue weighted by Gasteiger charge is -2.57. The van der Waals surface area contributed by atoms with Crippen molar-refractivity contribution in [3.8, 4) is 0 Å². The quantitative estimate of drug-likeness (QED) is 0.754. The van der Waals surface area contributed by atoms with Crippen LogP contribution in [0.15, 0.2) is 23.8 Å². The van der Waals surface area contributed by atoms with Gasteiger partial charge in [0, 0.05) is 17.8 Å². The number of esters is 1. The van der Waals surface area contributed by atoms with Crippen molar-refractivity contribution in [2.24, 2.45) is 28.6 Å². The van der Waals surface area contributed by atoms with Gasteiger partial charge >= 0.3 is 5.97 Å². The van der Waals surface area contributed by atoms with E-state index in [2.05, 4.69) is 19.9 Å². The first kappa shape index (κ1) is 19.6. The van der Waals surface area contributed by atoms with Crippen LogP contribution in [0.2, 0.25) is 0 Å². The number of rotatable bonds is 3. The molecule has 4 aliphatic carbocycles. The molecule has 0 heterocycles. The summed E-state index contributed by atoms with van der Waals surface area (Å²) < 4.78 is 4.91. The fraction of sp³-hybridized carbons (Fsp3) is 0.696. The molecule has 6 atom stereocenters. The van der Waals surface area contributed by atoms with Gasteiger partial charge in [-0.25, -0.2) is 0 Å². The van der Waals surface area contributed by atoms with Crippen LogP contribution in [0.4, 0.5) is 0 Å². The van der Waals surface area contributed by atoms with Crippen LogP contribution in [0.5, 0.6) is 0 Å². The van der Waals surface area contributed by atoms with Gasteiger partial charge in [0.1, 0.15) is 5.60 Å². The van der Waals surface area contributed by atoms with Crippen LogP contribution in [0.1, 0.15) is 59.3 Å². The van der Waals surface area contributed by atoms with Crippen LogP contribution in [-0.4, -0.2) is 34.9 Å². The average molecular weight is 386 g/mol. The van der Waals surface area contributed by atoms with Gasteiger partial charge < -0.3 is 9.84 Å². The second kappa shape index (κ2) is 6.38. The number of fused-ring (bicyclic) bond motifs is 5. The molecular weight excluding hydrogens is 356 g/mol. The highest BCUT2D eigenvalue weighted by Gasteiger charge is 2.66. The molecule has 3 saturated carbocycles. The summed E-state index contributed by atoms with van der Waals surface area (Å²) in [6.45, 7) is 5.23. The third kappa shape index (κ3) is 2.58. The zero-order valence-corrected chi connectivity index (χ0v) is 17.0. The molecule has 6 unspecified atom stereocenters. The molecule has 5 heteroatoms. The van der Waals surface area contributed by atoms with Crippen molar-refractivity contribution in [2.45, 2.75) is 64.9 Å². The van der Waals surface area contributed by atoms with Crippen LogP contribution >= 0.6 is 0 Å². The molecule has 0 aromatic heterocycles. The Bertz CT molecular complexity index is 795. The highest BCUT2D eigenvalue weighted by molar-refractivity contribution is 6.01. The third-order valence-electron chi connectivity index (χ3n) is 8.58. The van der Waals surface area contributed by atoms with Crippen molar-refractivity contribution in [1.82, 2.24) is 0 Å². The largest absolute Gasteiger partial charge is 0.458 e. The fourth-order valence-electron chi connectivity index (χ4n) is 6.96. The van der Waals surface area contributed by atoms with Crippen molar-refractivity contribution >= 4 is 17.5 Å². The number of carbonyl (C=O) groups excluding carboxylic acids is 3. The fourth-order valence-corrected chi connectivity index (χ4v) is 6.96. The molecule has 0 aliphatic heterocycles. The van der Waals surface area contributed by atoms with Crippen LogP contribution in [0.25, 0.3) is 0 Å². The minimum atomic E-state index is -1.42. The molecular formula is C23H30O5. The first-order valence-electron chi connectivity index (χ1n) is 10.4. The van der Waals surface area contributed by atoms with Gasteiger partial charge in [0.05, 0.1) is 0 Å². The first-order chi connectivity index (χ1) is 13.1. The number of allylic oxidation sites excluding steroid dienone is 4. The molecule has 152 valence electrons. The zero-order valence-electron chi connectivity index (χ0n) is 17.0. The van der Waals surface area contributed by atoms with Gasteiger partial charge in [0.2, 0.25) is 5.78 Å². The summed E-state index contributed by atoms with van der Waals surface area (Å²) in [5.41, 5.74) is -0.769. The predicted octanol–water partition coefficient (Wildman–Crippen LogP) is 3.16. The number of ketones is 2. The highest BCUT2D eigenvalue weighted by Crippen LogP contribution is 2.67. The molecule has 0 bridgehead atoms. The minimum absolute atomic E-state index is 0.0814. The molecule has 4 rings (SSSR count). The summed E-state index contributed by atoms with van der Waals surface area (Å²) in [6.07, 6.45) is 10.5. The summed E-state index contributed by atoms with van der Waals surface area (Å²) >= 11 is 0. The number of hydrogen-bond donors (Lipinski definition) is 1. The van der Waals surface area contributed by atoms with E-state index in [4.69, 9.17) is 4.74 Å². The zero-order chi connectivity index (χ0) is 20.3. The van der Waals surface area contributed by atoms with E-state index in [9.17, 15) is 19.5 Å². The van der Waals surface area contributed by atoms with Gasteiger partial charge in [-0.3, -0.25) is 14.4 Å². The molecule has 5 nitrogen and oxygen atoms in total. The Hall–Kier alpha value is -1.75. The summed E-state index contributed by atoms with van der Waals surface area (Å²) in [5, 5.41) is 11.4. The Morgan fingerprint density at radius 3 is 2.61 bits per heavy atom. The van der Waals surface area contributed by atoms with Crippen LogP contribution < -0.4 is 0 Å². The van der Waals surface area contributed by atoms with Crippen LogP contribution in [0.3, 0.4) is 0 Å². The van der Waals surface area contributed by atoms with Crippen molar-refractivity contribution in [3.05, 3.63) is 23.8 Å². The molecule has 0 amide bonds. The molecule has 0 aromatic carbocycles. The summed E-state index contributed by atoms with van der Waals surface area (Å²) in [7, 11) is 0. The molecule has 0 saturated heterocycles. The molecule has 0 spiro atoms. The maximum Gasteiger partial charge on any atom is 0.303 e. The van der Waals surface area contributed by atoms with Gasteiger partial charge in [-0.05, 0) is 68.4 Å². The Balaban J connectivity index is 1.61. The van der Waals surface area contributed by atoms with E-state index < -0.39 is 17.0 Å². The van der Waals surface area contributed by atoms with E-state index in [1.54, 1.807) is 6.08 Å². The third-order valence-corrected chi connectivity index (χ3v) is 8.58. The van der Waals surface area contributed by atoms with Crippen molar-refractivity contribution in [3.63, 3.8) is 0 Å². The van der Waals surface area contributed by atoms with Crippen LogP contribution in [-0.2, 0) is 19.1 Å². The standard InChI is InChI=1S/C23H30O5/c1-14(24)28-13-20(26)23(27)11-8-19-17-5-4-15-12-16(25)6-9-21(15,2)18(17)7-10-22(19,23)3/h6,9,12,17-19,27H,4-5,7-8,10-11,13H2,1-3H3. The lowest BCUT2D eigenvalue weighted by Crippen LogP contribution is -2.58. The number of hydrogen-bond acceptors (Lipinski definition) is 5. The van der Waals surface area contributed by atoms with Crippen molar-refractivity contribution in [1.29, 1.82) is 0 Å². The van der Waals surface area contributed by atoms with Crippen molar-refractivity contribution in [2.75, 3.05) is 6.61 Å². The molecule has 4 aliphatic rings. The van der Waals surface area contributed by atoms with Gasteiger partial charge in [-0.2, -0.15) is 0 Å². The molecule has 0 aromatic rings. The smallest absolute Gasteiger partial charge is 0.303 e. The highest BCUT2D eigenvalue weighted by atomic mass is 16.5. The number of Topliss-reactive ketones (excluding diaryl/α,β-unsaturated/α-hetero) is 1. The molecule has 0 radical (unpaired) electrons. The first-order valence-corrected chi connectivity index (χ1v) is 10.4. The van der Waals surface area contributed by atoms with E-state index in [1.165, 1.54) is 12.5 Å². The van der Waals surface area contributed by atoms with E-state index >= 15 is 0 Å². The van der Waals surface area contributed by atoms with Gasteiger partial charge in [-0.15, -0.1) is 0 Å². The summed E-state index contributed by atoms with van der Waals surface area (Å²) in [6, 6.07) is 0. The second-order valence-electron chi connectivity index (χ2n) is 9.66. The molecule has 1 N–H and O–H groups in total. The lowest BCUT2D eigenvalue weighted by molar-refractivity contribution is -0.168. The second-order valence-corrected chi connectivity index (χ2v) is 9.66. The Kier molecular flexibility index (Phi) is 4.46. The Morgan fingerprint density at radius 1 is 1.18 bits per heavy atom. The van der Waals surface area contributed by atoms with Gasteiger partial charge in [0.25, 0.3) is 0 Å². The number of ether oxygens (including phenoxy) is 1. The number of carbonyl (C=O) groups is 3. The molecule has 28 heavy (non-hydrogen) atoms. The minimum Gasteiger partial charge on any atom is -0.458 e. The number of aliphatic hydroxyl groups is 1. The van der Waals surface area contributed by atoms with E-state index in [0.29, 0.717) is 18.3 Å². The topological polar surface area (TPSA) is 80.7 Å². The normalized spacial score (nSPS) is 44.2. The molecule has 3 fully saturated rings.